The quantitative estimate of drug-likeness (QED) is 0.891. The van der Waals surface area contributed by atoms with Crippen LogP contribution in [0.2, 0.25) is 0 Å². The summed E-state index contributed by atoms with van der Waals surface area (Å²) in [5.74, 6) is 0. The molecule has 0 aliphatic carbocycles. The molecule has 3 rings (SSSR count). The number of aromatic nitrogens is 1. The fourth-order valence-electron chi connectivity index (χ4n) is 3.01. The molecule has 6 heteroatoms. The van der Waals surface area contributed by atoms with Crippen LogP contribution in [0.4, 0.5) is 0 Å². The highest BCUT2D eigenvalue weighted by Crippen LogP contribution is 2.21. The molecule has 25 heavy (non-hydrogen) atoms. The summed E-state index contributed by atoms with van der Waals surface area (Å²) in [5.41, 5.74) is 3.23. The van der Waals surface area contributed by atoms with Crippen molar-refractivity contribution >= 4 is 10.0 Å². The van der Waals surface area contributed by atoms with Crippen LogP contribution >= 0.6 is 0 Å². The number of sulfonamides is 1. The van der Waals surface area contributed by atoms with Gasteiger partial charge in [-0.3, -0.25) is 4.98 Å². The minimum atomic E-state index is -3.38. The maximum Gasteiger partial charge on any atom is 0.243 e. The van der Waals surface area contributed by atoms with E-state index in [9.17, 15) is 8.42 Å². The number of pyridine rings is 1. The van der Waals surface area contributed by atoms with Crippen LogP contribution in [0, 0.1) is 13.8 Å². The summed E-state index contributed by atoms with van der Waals surface area (Å²) in [5, 5.41) is 3.49. The fraction of sp³-hybridized carbons (Fsp3) is 0.421. The molecule has 2 heterocycles. The molecule has 1 aliphatic heterocycles. The van der Waals surface area contributed by atoms with Crippen molar-refractivity contribution in [3.63, 3.8) is 0 Å². The monoisotopic (exact) mass is 359 g/mol. The normalized spacial score (nSPS) is 16.9. The molecule has 0 saturated carbocycles. The van der Waals surface area contributed by atoms with Crippen molar-refractivity contribution in [2.45, 2.75) is 44.2 Å². The zero-order chi connectivity index (χ0) is 17.9. The van der Waals surface area contributed by atoms with Gasteiger partial charge in [0.15, 0.2) is 0 Å². The molecule has 0 bridgehead atoms. The Morgan fingerprint density at radius 1 is 1.04 bits per heavy atom. The third-order valence-electron chi connectivity index (χ3n) is 4.66. The van der Waals surface area contributed by atoms with Crippen LogP contribution in [-0.2, 0) is 16.6 Å². The van der Waals surface area contributed by atoms with Gasteiger partial charge in [0, 0.05) is 31.9 Å². The predicted molar refractivity (Wildman–Crippen MR) is 98.8 cm³/mol. The van der Waals surface area contributed by atoms with E-state index in [1.54, 1.807) is 16.4 Å². The second-order valence-corrected chi connectivity index (χ2v) is 8.64. The summed E-state index contributed by atoms with van der Waals surface area (Å²) in [6.07, 6.45) is 3.50. The lowest BCUT2D eigenvalue weighted by Crippen LogP contribution is -2.44. The summed E-state index contributed by atoms with van der Waals surface area (Å²) < 4.78 is 27.0. The number of piperidine rings is 1. The van der Waals surface area contributed by atoms with Crippen molar-refractivity contribution < 1.29 is 8.42 Å². The Balaban J connectivity index is 1.54. The first-order valence-corrected chi connectivity index (χ1v) is 10.1. The van der Waals surface area contributed by atoms with Gasteiger partial charge in [-0.2, -0.15) is 4.31 Å². The molecule has 134 valence electrons. The van der Waals surface area contributed by atoms with Crippen LogP contribution in [0.15, 0.2) is 47.5 Å². The highest BCUT2D eigenvalue weighted by Gasteiger charge is 2.29. The first kappa shape index (κ1) is 18.0. The van der Waals surface area contributed by atoms with Gasteiger partial charge in [0.2, 0.25) is 10.0 Å². The number of rotatable bonds is 5. The van der Waals surface area contributed by atoms with Crippen molar-refractivity contribution in [3.8, 4) is 0 Å². The molecule has 1 N–H and O–H groups in total. The largest absolute Gasteiger partial charge is 0.308 e. The van der Waals surface area contributed by atoms with Crippen molar-refractivity contribution in [3.05, 3.63) is 59.4 Å². The Labute approximate surface area is 150 Å². The zero-order valence-corrected chi connectivity index (χ0v) is 15.6. The smallest absolute Gasteiger partial charge is 0.243 e. The zero-order valence-electron chi connectivity index (χ0n) is 14.8. The molecule has 5 nitrogen and oxygen atoms in total. The van der Waals surface area contributed by atoms with Crippen molar-refractivity contribution in [1.29, 1.82) is 0 Å². The van der Waals surface area contributed by atoms with E-state index in [0.29, 0.717) is 24.0 Å². The SMILES string of the molecule is Cc1ccc(S(=O)(=O)N2CCC(NCc3ccc(C)cn3)CC2)cc1. The van der Waals surface area contributed by atoms with E-state index in [1.807, 2.05) is 38.2 Å². The summed E-state index contributed by atoms with van der Waals surface area (Å²) in [4.78, 5) is 4.78. The third kappa shape index (κ3) is 4.45. The van der Waals surface area contributed by atoms with Crippen LogP contribution in [0.5, 0.6) is 0 Å². The first-order valence-electron chi connectivity index (χ1n) is 8.67. The molecule has 0 radical (unpaired) electrons. The van der Waals surface area contributed by atoms with Crippen molar-refractivity contribution in [1.82, 2.24) is 14.6 Å². The van der Waals surface area contributed by atoms with Gasteiger partial charge in [-0.25, -0.2) is 8.42 Å². The molecule has 1 aliphatic rings. The van der Waals surface area contributed by atoms with Crippen molar-refractivity contribution in [2.24, 2.45) is 0 Å². The molecule has 1 aromatic heterocycles. The molecular formula is C19H25N3O2S. The van der Waals surface area contributed by atoms with E-state index in [4.69, 9.17) is 0 Å². The number of hydrogen-bond acceptors (Lipinski definition) is 4. The van der Waals surface area contributed by atoms with Gasteiger partial charge in [-0.05, 0) is 50.5 Å². The van der Waals surface area contributed by atoms with E-state index in [-0.39, 0.29) is 0 Å². The number of aryl methyl sites for hydroxylation is 2. The van der Waals surface area contributed by atoms with Crippen molar-refractivity contribution in [2.75, 3.05) is 13.1 Å². The molecule has 0 atom stereocenters. The van der Waals surface area contributed by atoms with E-state index < -0.39 is 10.0 Å². The minimum absolute atomic E-state index is 0.326. The molecule has 1 aromatic carbocycles. The van der Waals surface area contributed by atoms with Gasteiger partial charge in [-0.15, -0.1) is 0 Å². The van der Waals surface area contributed by atoms with E-state index in [1.165, 1.54) is 0 Å². The third-order valence-corrected chi connectivity index (χ3v) is 6.57. The summed E-state index contributed by atoms with van der Waals surface area (Å²) in [6, 6.07) is 11.5. The van der Waals surface area contributed by atoms with Crippen LogP contribution in [0.1, 0.15) is 29.7 Å². The lowest BCUT2D eigenvalue weighted by atomic mass is 10.1. The van der Waals surface area contributed by atoms with Gasteiger partial charge < -0.3 is 5.32 Å². The highest BCUT2D eigenvalue weighted by molar-refractivity contribution is 7.89. The molecule has 0 amide bonds. The molecule has 1 saturated heterocycles. The lowest BCUT2D eigenvalue weighted by molar-refractivity contribution is 0.288. The summed E-state index contributed by atoms with van der Waals surface area (Å²) in [6.45, 7) is 5.80. The Kier molecular flexibility index (Phi) is 5.51. The maximum absolute atomic E-state index is 12.7. The standard InChI is InChI=1S/C19H25N3O2S/c1-15-4-7-19(8-5-15)25(23,24)22-11-9-17(10-12-22)21-14-18-6-3-16(2)13-20-18/h3-8,13,17,21H,9-12,14H2,1-2H3. The van der Waals surface area contributed by atoms with Crippen LogP contribution in [0.3, 0.4) is 0 Å². The van der Waals surface area contributed by atoms with E-state index >= 15 is 0 Å². The Morgan fingerprint density at radius 2 is 1.68 bits per heavy atom. The topological polar surface area (TPSA) is 62.3 Å². The minimum Gasteiger partial charge on any atom is -0.308 e. The molecular weight excluding hydrogens is 334 g/mol. The fourth-order valence-corrected chi connectivity index (χ4v) is 4.48. The highest BCUT2D eigenvalue weighted by atomic mass is 32.2. The van der Waals surface area contributed by atoms with E-state index in [2.05, 4.69) is 16.4 Å². The first-order chi connectivity index (χ1) is 11.9. The van der Waals surface area contributed by atoms with Gasteiger partial charge in [0.25, 0.3) is 0 Å². The molecule has 0 spiro atoms. The van der Waals surface area contributed by atoms with Gasteiger partial charge in [-0.1, -0.05) is 23.8 Å². The second kappa shape index (κ2) is 7.64. The van der Waals surface area contributed by atoms with Crippen LogP contribution < -0.4 is 5.32 Å². The number of benzene rings is 1. The summed E-state index contributed by atoms with van der Waals surface area (Å²) >= 11 is 0. The lowest BCUT2D eigenvalue weighted by Gasteiger charge is -2.31. The van der Waals surface area contributed by atoms with E-state index in [0.717, 1.165) is 36.2 Å². The summed E-state index contributed by atoms with van der Waals surface area (Å²) in [7, 11) is -3.38. The average Bonchev–Trinajstić information content (AvgIpc) is 2.62. The molecule has 1 fully saturated rings. The average molecular weight is 359 g/mol. The number of nitrogens with zero attached hydrogens (tertiary/aromatic N) is 2. The number of nitrogens with one attached hydrogen (secondary N) is 1. The second-order valence-electron chi connectivity index (χ2n) is 6.70. The Morgan fingerprint density at radius 3 is 2.28 bits per heavy atom. The Bertz CT molecular complexity index is 794. The Hall–Kier alpha value is -1.76. The van der Waals surface area contributed by atoms with Gasteiger partial charge >= 0.3 is 0 Å². The number of hydrogen-bond donors (Lipinski definition) is 1. The predicted octanol–water partition coefficient (Wildman–Crippen LogP) is 2.64. The van der Waals surface area contributed by atoms with Gasteiger partial charge in [0.1, 0.15) is 0 Å². The van der Waals surface area contributed by atoms with Crippen LogP contribution in [-0.4, -0.2) is 36.8 Å². The van der Waals surface area contributed by atoms with Gasteiger partial charge in [0.05, 0.1) is 10.6 Å². The molecule has 2 aromatic rings. The maximum atomic E-state index is 12.7. The van der Waals surface area contributed by atoms with Crippen LogP contribution in [0.25, 0.3) is 0 Å². The molecule has 0 unspecified atom stereocenters.